The largest absolute Gasteiger partial charge is 0.493 e. The molecule has 11 heteroatoms. The van der Waals surface area contributed by atoms with Crippen molar-refractivity contribution in [2.75, 3.05) is 23.9 Å². The number of halogens is 2. The number of nitrogens with one attached hydrogen (secondary N) is 2. The Balaban J connectivity index is 1.57. The molecule has 1 aliphatic rings. The van der Waals surface area contributed by atoms with Gasteiger partial charge in [-0.15, -0.1) is 0 Å². The number of rotatable bonds is 7. The van der Waals surface area contributed by atoms with Crippen molar-refractivity contribution in [1.29, 1.82) is 0 Å². The smallest absolute Gasteiger partial charge is 0.335 e. The van der Waals surface area contributed by atoms with Gasteiger partial charge in [0.2, 0.25) is 0 Å². The lowest BCUT2D eigenvalue weighted by Gasteiger charge is -2.27. The molecule has 0 bridgehead atoms. The van der Waals surface area contributed by atoms with E-state index in [-0.39, 0.29) is 39.4 Å². The molecule has 38 heavy (non-hydrogen) atoms. The highest BCUT2D eigenvalue weighted by Gasteiger charge is 2.37. The number of imide groups is 2. The van der Waals surface area contributed by atoms with Gasteiger partial charge in [0.05, 0.1) is 22.8 Å². The van der Waals surface area contributed by atoms with Gasteiger partial charge in [-0.25, -0.2) is 9.69 Å². The van der Waals surface area contributed by atoms with Crippen LogP contribution in [0.5, 0.6) is 11.5 Å². The number of amides is 5. The molecule has 0 spiro atoms. The minimum absolute atomic E-state index is 0.0715. The number of ether oxygens (including phenoxy) is 2. The molecular weight excluding hydrogens is 533 g/mol. The van der Waals surface area contributed by atoms with Crippen LogP contribution in [-0.2, 0) is 14.4 Å². The van der Waals surface area contributed by atoms with E-state index in [1.54, 1.807) is 18.2 Å². The standard InChI is InChI=1S/C27H21Cl2N3O6/c1-15-6-5-7-17(10-15)30-23(33)14-38-24-20(29)12-16(13-22(24)37-2)11-18-25(34)31-27(36)32(26(18)35)21-9-4-3-8-19(21)28/h3-13H,14H2,1-2H3,(H,30,33)(H,31,34,36)/b18-11+. The molecule has 0 aromatic heterocycles. The molecule has 0 saturated carbocycles. The van der Waals surface area contributed by atoms with Crippen LogP contribution in [0.25, 0.3) is 6.08 Å². The lowest BCUT2D eigenvalue weighted by Crippen LogP contribution is -2.54. The second-order valence-electron chi connectivity index (χ2n) is 8.15. The summed E-state index contributed by atoms with van der Waals surface area (Å²) in [5.74, 6) is -1.89. The van der Waals surface area contributed by atoms with Crippen LogP contribution in [0.2, 0.25) is 10.0 Å². The average molecular weight is 554 g/mol. The lowest BCUT2D eigenvalue weighted by atomic mass is 10.1. The summed E-state index contributed by atoms with van der Waals surface area (Å²) in [6.07, 6.45) is 1.26. The van der Waals surface area contributed by atoms with E-state index in [1.807, 2.05) is 25.1 Å². The molecule has 1 saturated heterocycles. The Morgan fingerprint density at radius 3 is 2.50 bits per heavy atom. The Kier molecular flexibility index (Phi) is 7.99. The number of urea groups is 1. The van der Waals surface area contributed by atoms with Crippen LogP contribution in [-0.4, -0.2) is 37.5 Å². The maximum Gasteiger partial charge on any atom is 0.335 e. The van der Waals surface area contributed by atoms with E-state index in [4.69, 9.17) is 32.7 Å². The van der Waals surface area contributed by atoms with Gasteiger partial charge in [-0.3, -0.25) is 19.7 Å². The van der Waals surface area contributed by atoms with Gasteiger partial charge in [-0.1, -0.05) is 47.5 Å². The average Bonchev–Trinajstić information content (AvgIpc) is 2.86. The third-order valence-corrected chi connectivity index (χ3v) is 6.01. The van der Waals surface area contributed by atoms with Gasteiger partial charge in [-0.2, -0.15) is 0 Å². The van der Waals surface area contributed by atoms with Gasteiger partial charge in [-0.05, 0) is 60.5 Å². The molecule has 1 heterocycles. The Hall–Kier alpha value is -4.34. The highest BCUT2D eigenvalue weighted by atomic mass is 35.5. The van der Waals surface area contributed by atoms with Crippen LogP contribution in [0.1, 0.15) is 11.1 Å². The first-order chi connectivity index (χ1) is 18.2. The number of anilines is 2. The van der Waals surface area contributed by atoms with Crippen LogP contribution >= 0.6 is 23.2 Å². The molecule has 1 aliphatic heterocycles. The molecule has 194 valence electrons. The van der Waals surface area contributed by atoms with Crippen molar-refractivity contribution in [1.82, 2.24) is 5.32 Å². The van der Waals surface area contributed by atoms with Gasteiger partial charge in [0.25, 0.3) is 17.7 Å². The van der Waals surface area contributed by atoms with E-state index in [0.29, 0.717) is 11.3 Å². The van der Waals surface area contributed by atoms with Crippen molar-refractivity contribution in [3.63, 3.8) is 0 Å². The van der Waals surface area contributed by atoms with Gasteiger partial charge in [0.1, 0.15) is 5.57 Å². The fourth-order valence-corrected chi connectivity index (χ4v) is 4.19. The quantitative estimate of drug-likeness (QED) is 0.314. The SMILES string of the molecule is COc1cc(/C=C2\C(=O)NC(=O)N(c3ccccc3Cl)C2=O)cc(Cl)c1OCC(=O)Nc1cccc(C)c1. The van der Waals surface area contributed by atoms with Crippen molar-refractivity contribution in [3.05, 3.63) is 87.4 Å². The van der Waals surface area contributed by atoms with Crippen LogP contribution in [0.4, 0.5) is 16.2 Å². The number of para-hydroxylation sites is 1. The number of hydrogen-bond donors (Lipinski definition) is 2. The Morgan fingerprint density at radius 2 is 1.79 bits per heavy atom. The van der Waals surface area contributed by atoms with Crippen molar-refractivity contribution in [2.45, 2.75) is 6.92 Å². The molecule has 0 radical (unpaired) electrons. The van der Waals surface area contributed by atoms with Gasteiger partial charge >= 0.3 is 6.03 Å². The second-order valence-corrected chi connectivity index (χ2v) is 8.96. The predicted molar refractivity (Wildman–Crippen MR) is 144 cm³/mol. The molecule has 9 nitrogen and oxygen atoms in total. The van der Waals surface area contributed by atoms with E-state index in [1.165, 1.54) is 37.5 Å². The van der Waals surface area contributed by atoms with Crippen LogP contribution in [0.15, 0.2) is 66.2 Å². The normalized spacial score (nSPS) is 14.4. The maximum atomic E-state index is 13.1. The summed E-state index contributed by atoms with van der Waals surface area (Å²) in [4.78, 5) is 51.2. The second kappa shape index (κ2) is 11.4. The van der Waals surface area contributed by atoms with Crippen molar-refractivity contribution in [2.24, 2.45) is 0 Å². The monoisotopic (exact) mass is 553 g/mol. The third-order valence-electron chi connectivity index (χ3n) is 5.41. The first-order valence-electron chi connectivity index (χ1n) is 11.2. The fraction of sp³-hybridized carbons (Fsp3) is 0.111. The van der Waals surface area contributed by atoms with Crippen LogP contribution < -0.4 is 25.0 Å². The van der Waals surface area contributed by atoms with Gasteiger partial charge in [0, 0.05) is 5.69 Å². The summed E-state index contributed by atoms with van der Waals surface area (Å²) < 4.78 is 11.0. The number of benzene rings is 3. The van der Waals surface area contributed by atoms with Gasteiger partial charge < -0.3 is 14.8 Å². The van der Waals surface area contributed by atoms with E-state index >= 15 is 0 Å². The molecule has 5 amide bonds. The minimum atomic E-state index is -0.923. The highest BCUT2D eigenvalue weighted by molar-refractivity contribution is 6.42. The molecule has 1 fully saturated rings. The van der Waals surface area contributed by atoms with Crippen molar-refractivity contribution < 1.29 is 28.7 Å². The summed E-state index contributed by atoms with van der Waals surface area (Å²) in [5.41, 5.74) is 1.73. The molecule has 0 atom stereocenters. The number of methoxy groups -OCH3 is 1. The summed E-state index contributed by atoms with van der Waals surface area (Å²) in [6, 6.07) is 15.5. The Morgan fingerprint density at radius 1 is 1.03 bits per heavy atom. The van der Waals surface area contributed by atoms with Crippen molar-refractivity contribution in [3.8, 4) is 11.5 Å². The number of aryl methyl sites for hydroxylation is 1. The molecular formula is C27H21Cl2N3O6. The molecule has 2 N–H and O–H groups in total. The number of hydrogen-bond acceptors (Lipinski definition) is 6. The summed E-state index contributed by atoms with van der Waals surface area (Å²) >= 11 is 12.6. The zero-order chi connectivity index (χ0) is 27.4. The fourth-order valence-electron chi connectivity index (χ4n) is 3.70. The molecule has 3 aromatic carbocycles. The van der Waals surface area contributed by atoms with Crippen LogP contribution in [0.3, 0.4) is 0 Å². The minimum Gasteiger partial charge on any atom is -0.493 e. The first-order valence-corrected chi connectivity index (χ1v) is 12.0. The maximum absolute atomic E-state index is 13.1. The van der Waals surface area contributed by atoms with E-state index in [2.05, 4.69) is 10.6 Å². The zero-order valence-corrected chi connectivity index (χ0v) is 21.7. The zero-order valence-electron chi connectivity index (χ0n) is 20.2. The molecule has 3 aromatic rings. The topological polar surface area (TPSA) is 114 Å². The van der Waals surface area contributed by atoms with E-state index < -0.39 is 23.8 Å². The van der Waals surface area contributed by atoms with E-state index in [0.717, 1.165) is 10.5 Å². The Bertz CT molecular complexity index is 1490. The predicted octanol–water partition coefficient (Wildman–Crippen LogP) is 4.99. The lowest BCUT2D eigenvalue weighted by molar-refractivity contribution is -0.122. The number of carbonyl (C=O) groups excluding carboxylic acids is 4. The number of carbonyl (C=O) groups is 4. The molecule has 0 unspecified atom stereocenters. The first kappa shape index (κ1) is 26.7. The summed E-state index contributed by atoms with van der Waals surface area (Å²) in [5, 5.41) is 5.09. The van der Waals surface area contributed by atoms with Crippen LogP contribution in [0, 0.1) is 6.92 Å². The van der Waals surface area contributed by atoms with Crippen molar-refractivity contribution >= 4 is 64.4 Å². The highest BCUT2D eigenvalue weighted by Crippen LogP contribution is 2.37. The third kappa shape index (κ3) is 5.80. The molecule has 4 rings (SSSR count). The summed E-state index contributed by atoms with van der Waals surface area (Å²) in [7, 11) is 1.37. The summed E-state index contributed by atoms with van der Waals surface area (Å²) in [6.45, 7) is 1.56. The van der Waals surface area contributed by atoms with E-state index in [9.17, 15) is 19.2 Å². The number of barbiturate groups is 1. The molecule has 0 aliphatic carbocycles. The van der Waals surface area contributed by atoms with Gasteiger partial charge in [0.15, 0.2) is 18.1 Å². The Labute approximate surface area is 227 Å². The number of nitrogens with zero attached hydrogens (tertiary/aromatic N) is 1.